The van der Waals surface area contributed by atoms with E-state index >= 15 is 0 Å². The third-order valence-corrected chi connectivity index (χ3v) is 5.55. The molecule has 0 unspecified atom stereocenters. The van der Waals surface area contributed by atoms with Crippen LogP contribution in [0.2, 0.25) is 0 Å². The molecule has 4 rings (SSSR count). The normalized spacial score (nSPS) is 16.3. The minimum atomic E-state index is -0.263. The standard InChI is InChI=1S/C24H26N2O5/c1-3-30-22(27)15-18-8-4-5-12-26(18)24(28)17-10-11-20-21(14-17)31-23(25-20)16-7-6-9-19(13-16)29-2/h6-7,9-11,13-14,18H,3-5,8,12,15H2,1-2H3/t18-/m0/s1. The number of ether oxygens (including phenoxy) is 2. The van der Waals surface area contributed by atoms with Gasteiger partial charge in [0.05, 0.1) is 20.1 Å². The van der Waals surface area contributed by atoms with Crippen molar-refractivity contribution in [2.75, 3.05) is 20.3 Å². The Labute approximate surface area is 181 Å². The lowest BCUT2D eigenvalue weighted by atomic mass is 9.98. The zero-order chi connectivity index (χ0) is 21.8. The van der Waals surface area contributed by atoms with E-state index in [9.17, 15) is 9.59 Å². The molecular formula is C24H26N2O5. The van der Waals surface area contributed by atoms with Gasteiger partial charge in [0.1, 0.15) is 11.3 Å². The number of nitrogens with zero attached hydrogens (tertiary/aromatic N) is 2. The van der Waals surface area contributed by atoms with Gasteiger partial charge < -0.3 is 18.8 Å². The minimum Gasteiger partial charge on any atom is -0.497 e. The molecule has 0 N–H and O–H groups in total. The molecule has 162 valence electrons. The lowest BCUT2D eigenvalue weighted by Gasteiger charge is -2.35. The van der Waals surface area contributed by atoms with Crippen molar-refractivity contribution < 1.29 is 23.5 Å². The maximum Gasteiger partial charge on any atom is 0.307 e. The smallest absolute Gasteiger partial charge is 0.307 e. The predicted octanol–water partition coefficient (Wildman–Crippen LogP) is 4.45. The number of benzene rings is 2. The summed E-state index contributed by atoms with van der Waals surface area (Å²) in [5, 5.41) is 0. The summed E-state index contributed by atoms with van der Waals surface area (Å²) in [6.45, 7) is 2.76. The Kier molecular flexibility index (Phi) is 6.21. The van der Waals surface area contributed by atoms with Crippen LogP contribution in [0.25, 0.3) is 22.6 Å². The van der Waals surface area contributed by atoms with Crippen LogP contribution in [-0.4, -0.2) is 48.1 Å². The fourth-order valence-electron chi connectivity index (χ4n) is 4.00. The lowest BCUT2D eigenvalue weighted by molar-refractivity contribution is -0.144. The summed E-state index contributed by atoms with van der Waals surface area (Å²) in [6, 6.07) is 12.6. The van der Waals surface area contributed by atoms with Gasteiger partial charge >= 0.3 is 5.97 Å². The van der Waals surface area contributed by atoms with Crippen LogP contribution in [0.3, 0.4) is 0 Å². The monoisotopic (exact) mass is 422 g/mol. The van der Waals surface area contributed by atoms with Gasteiger partial charge in [-0.05, 0) is 62.6 Å². The number of likely N-dealkylation sites (tertiary alicyclic amines) is 1. The molecule has 1 aliphatic heterocycles. The van der Waals surface area contributed by atoms with Crippen LogP contribution in [-0.2, 0) is 9.53 Å². The van der Waals surface area contributed by atoms with Gasteiger partial charge in [0.15, 0.2) is 5.58 Å². The predicted molar refractivity (Wildman–Crippen MR) is 116 cm³/mol. The van der Waals surface area contributed by atoms with Gasteiger partial charge in [0, 0.05) is 23.7 Å². The number of fused-ring (bicyclic) bond motifs is 1. The van der Waals surface area contributed by atoms with E-state index in [-0.39, 0.29) is 24.3 Å². The average Bonchev–Trinajstić information content (AvgIpc) is 3.23. The van der Waals surface area contributed by atoms with Gasteiger partial charge in [-0.15, -0.1) is 0 Å². The van der Waals surface area contributed by atoms with Crippen LogP contribution in [0, 0.1) is 0 Å². The topological polar surface area (TPSA) is 81.9 Å². The molecule has 1 atom stereocenters. The number of aromatic nitrogens is 1. The lowest BCUT2D eigenvalue weighted by Crippen LogP contribution is -2.45. The summed E-state index contributed by atoms with van der Waals surface area (Å²) < 4.78 is 16.3. The Bertz CT molecular complexity index is 1090. The van der Waals surface area contributed by atoms with Gasteiger partial charge in [-0.1, -0.05) is 6.07 Å². The van der Waals surface area contributed by atoms with E-state index in [1.165, 1.54) is 0 Å². The fraction of sp³-hybridized carbons (Fsp3) is 0.375. The van der Waals surface area contributed by atoms with E-state index in [0.29, 0.717) is 41.5 Å². The number of carbonyl (C=O) groups is 2. The highest BCUT2D eigenvalue weighted by Gasteiger charge is 2.30. The Hall–Kier alpha value is -3.35. The first kappa shape index (κ1) is 20.9. The Balaban J connectivity index is 1.58. The molecule has 1 aromatic heterocycles. The van der Waals surface area contributed by atoms with Crippen LogP contribution in [0.15, 0.2) is 46.9 Å². The van der Waals surface area contributed by atoms with E-state index in [4.69, 9.17) is 13.9 Å². The number of amides is 1. The summed E-state index contributed by atoms with van der Waals surface area (Å²) in [4.78, 5) is 31.6. The van der Waals surface area contributed by atoms with E-state index in [2.05, 4.69) is 4.98 Å². The Morgan fingerprint density at radius 2 is 2.06 bits per heavy atom. The summed E-state index contributed by atoms with van der Waals surface area (Å²) in [7, 11) is 1.61. The number of piperidine rings is 1. The second-order valence-corrected chi connectivity index (χ2v) is 7.59. The molecule has 0 saturated carbocycles. The SMILES string of the molecule is CCOC(=O)C[C@@H]1CCCCN1C(=O)c1ccc2nc(-c3cccc(OC)c3)oc2c1. The molecule has 1 amide bonds. The molecule has 0 bridgehead atoms. The van der Waals surface area contributed by atoms with Crippen molar-refractivity contribution in [3.8, 4) is 17.2 Å². The van der Waals surface area contributed by atoms with Crippen molar-refractivity contribution in [2.45, 2.75) is 38.6 Å². The number of oxazole rings is 1. The van der Waals surface area contributed by atoms with Crippen molar-refractivity contribution >= 4 is 23.0 Å². The second kappa shape index (κ2) is 9.20. The Morgan fingerprint density at radius 3 is 2.87 bits per heavy atom. The summed E-state index contributed by atoms with van der Waals surface area (Å²) >= 11 is 0. The highest BCUT2D eigenvalue weighted by molar-refractivity contribution is 5.97. The molecular weight excluding hydrogens is 396 g/mol. The van der Waals surface area contributed by atoms with E-state index < -0.39 is 0 Å². The van der Waals surface area contributed by atoms with Crippen molar-refractivity contribution in [3.05, 3.63) is 48.0 Å². The molecule has 2 aromatic carbocycles. The van der Waals surface area contributed by atoms with Crippen molar-refractivity contribution in [1.82, 2.24) is 9.88 Å². The van der Waals surface area contributed by atoms with E-state index in [1.54, 1.807) is 37.1 Å². The molecule has 0 radical (unpaired) electrons. The van der Waals surface area contributed by atoms with Gasteiger partial charge in [0.2, 0.25) is 5.89 Å². The van der Waals surface area contributed by atoms with Crippen LogP contribution < -0.4 is 4.74 Å². The summed E-state index contributed by atoms with van der Waals surface area (Å²) in [5.74, 6) is 0.820. The Morgan fingerprint density at radius 1 is 1.19 bits per heavy atom. The highest BCUT2D eigenvalue weighted by atomic mass is 16.5. The molecule has 7 heteroatoms. The third-order valence-electron chi connectivity index (χ3n) is 5.55. The maximum atomic E-state index is 13.2. The minimum absolute atomic E-state index is 0.102. The van der Waals surface area contributed by atoms with Crippen LogP contribution in [0.4, 0.5) is 0 Å². The molecule has 1 saturated heterocycles. The zero-order valence-electron chi connectivity index (χ0n) is 17.8. The average molecular weight is 422 g/mol. The van der Waals surface area contributed by atoms with E-state index in [1.807, 2.05) is 24.3 Å². The number of hydrogen-bond acceptors (Lipinski definition) is 6. The van der Waals surface area contributed by atoms with Crippen LogP contribution in [0.5, 0.6) is 5.75 Å². The molecule has 7 nitrogen and oxygen atoms in total. The maximum absolute atomic E-state index is 13.2. The number of hydrogen-bond donors (Lipinski definition) is 0. The third kappa shape index (κ3) is 4.55. The first-order valence-corrected chi connectivity index (χ1v) is 10.6. The first-order chi connectivity index (χ1) is 15.1. The van der Waals surface area contributed by atoms with Crippen molar-refractivity contribution in [2.24, 2.45) is 0 Å². The second-order valence-electron chi connectivity index (χ2n) is 7.59. The fourth-order valence-corrected chi connectivity index (χ4v) is 4.00. The van der Waals surface area contributed by atoms with Gasteiger partial charge in [-0.3, -0.25) is 9.59 Å². The summed E-state index contributed by atoms with van der Waals surface area (Å²) in [6.07, 6.45) is 2.95. The van der Waals surface area contributed by atoms with E-state index in [0.717, 1.165) is 24.8 Å². The quantitative estimate of drug-likeness (QED) is 0.546. The first-order valence-electron chi connectivity index (χ1n) is 10.6. The largest absolute Gasteiger partial charge is 0.497 e. The van der Waals surface area contributed by atoms with Crippen molar-refractivity contribution in [3.63, 3.8) is 0 Å². The molecule has 1 fully saturated rings. The van der Waals surface area contributed by atoms with Crippen LogP contribution in [0.1, 0.15) is 43.0 Å². The molecule has 31 heavy (non-hydrogen) atoms. The summed E-state index contributed by atoms with van der Waals surface area (Å²) in [5.41, 5.74) is 2.55. The number of esters is 1. The van der Waals surface area contributed by atoms with Gasteiger partial charge in [-0.2, -0.15) is 0 Å². The number of rotatable bonds is 6. The highest BCUT2D eigenvalue weighted by Crippen LogP contribution is 2.29. The van der Waals surface area contributed by atoms with Crippen molar-refractivity contribution in [1.29, 1.82) is 0 Å². The molecule has 2 heterocycles. The molecule has 0 aliphatic carbocycles. The molecule has 1 aliphatic rings. The number of methoxy groups -OCH3 is 1. The molecule has 0 spiro atoms. The molecule has 3 aromatic rings. The van der Waals surface area contributed by atoms with Crippen LogP contribution >= 0.6 is 0 Å². The van der Waals surface area contributed by atoms with Gasteiger partial charge in [-0.25, -0.2) is 4.98 Å². The zero-order valence-corrected chi connectivity index (χ0v) is 17.8. The number of carbonyl (C=O) groups excluding carboxylic acids is 2. The van der Waals surface area contributed by atoms with Gasteiger partial charge in [0.25, 0.3) is 5.91 Å².